The minimum absolute atomic E-state index is 0.0821. The minimum atomic E-state index is -3.61. The monoisotopic (exact) mass is 784 g/mol. The Kier molecular flexibility index (Phi) is 11.8. The van der Waals surface area contributed by atoms with Gasteiger partial charge >= 0.3 is 0 Å². The van der Waals surface area contributed by atoms with Crippen molar-refractivity contribution in [1.82, 2.24) is 15.5 Å². The molecule has 1 spiro atoms. The highest BCUT2D eigenvalue weighted by molar-refractivity contribution is 6.72. The summed E-state index contributed by atoms with van der Waals surface area (Å²) >= 11 is 0. The van der Waals surface area contributed by atoms with E-state index in [4.69, 9.17) is 4.74 Å². The molecule has 4 amide bonds. The highest BCUT2D eigenvalue weighted by Crippen LogP contribution is 2.60. The molecule has 298 valence electrons. The van der Waals surface area contributed by atoms with E-state index in [1.54, 1.807) is 41.1 Å². The first kappa shape index (κ1) is 39.8. The lowest BCUT2D eigenvalue weighted by molar-refractivity contribution is -0.150. The largest absolute Gasteiger partial charge is 0.395 e. The van der Waals surface area contributed by atoms with Crippen molar-refractivity contribution in [2.45, 2.75) is 94.5 Å². The molecule has 56 heavy (non-hydrogen) atoms. The van der Waals surface area contributed by atoms with Crippen LogP contribution in [-0.2, 0) is 42.6 Å². The molecule has 14 heteroatoms. The first-order valence-electron chi connectivity index (χ1n) is 19.8. The zero-order valence-corrected chi connectivity index (χ0v) is 33.4. The van der Waals surface area contributed by atoms with Crippen LogP contribution in [0.3, 0.4) is 0 Å². The van der Waals surface area contributed by atoms with E-state index >= 15 is 8.90 Å². The molecule has 12 nitrogen and oxygen atoms in total. The van der Waals surface area contributed by atoms with Crippen LogP contribution in [0.5, 0.6) is 0 Å². The van der Waals surface area contributed by atoms with Gasteiger partial charge in [0.1, 0.15) is 0 Å². The lowest BCUT2D eigenvalue weighted by Crippen LogP contribution is -2.45. The van der Waals surface area contributed by atoms with Gasteiger partial charge in [0.15, 0.2) is 5.60 Å². The van der Waals surface area contributed by atoms with Crippen LogP contribution >= 0.6 is 0 Å². The molecular formula is C42H53FN6O6Si. The Labute approximate surface area is 328 Å². The summed E-state index contributed by atoms with van der Waals surface area (Å²) < 4.78 is 23.6. The van der Waals surface area contributed by atoms with E-state index in [0.717, 1.165) is 49.9 Å². The molecule has 4 aliphatic rings. The van der Waals surface area contributed by atoms with Crippen molar-refractivity contribution in [3.63, 3.8) is 0 Å². The lowest BCUT2D eigenvalue weighted by Gasteiger charge is -2.31. The van der Waals surface area contributed by atoms with Gasteiger partial charge in [-0.3, -0.25) is 19.2 Å². The second-order valence-corrected chi connectivity index (χ2v) is 19.9. The summed E-state index contributed by atoms with van der Waals surface area (Å²) in [5, 5.41) is 22.3. The third kappa shape index (κ3) is 8.03. The summed E-state index contributed by atoms with van der Waals surface area (Å²) in [4.78, 5) is 58.3. The summed E-state index contributed by atoms with van der Waals surface area (Å²) in [6, 6.07) is 21.6. The van der Waals surface area contributed by atoms with Crippen molar-refractivity contribution in [3.05, 3.63) is 89.5 Å². The number of carbonyl (C=O) groups is 4. The van der Waals surface area contributed by atoms with E-state index in [-0.39, 0.29) is 68.4 Å². The number of nitrogens with one attached hydrogen (secondary N) is 4. The van der Waals surface area contributed by atoms with Crippen LogP contribution < -0.4 is 26.2 Å². The molecule has 5 N–H and O–H groups in total. The maximum absolute atomic E-state index is 16.6. The first-order chi connectivity index (χ1) is 26.9. The molecule has 3 fully saturated rings. The molecule has 3 saturated heterocycles. The molecule has 7 rings (SSSR count). The van der Waals surface area contributed by atoms with E-state index < -0.39 is 31.6 Å². The molecule has 0 radical (unpaired) electrons. The number of amides is 4. The Hall–Kier alpha value is -4.47. The van der Waals surface area contributed by atoms with Crippen molar-refractivity contribution in [1.29, 1.82) is 0 Å². The molecule has 4 aliphatic heterocycles. The van der Waals surface area contributed by atoms with Gasteiger partial charge in [-0.1, -0.05) is 49.4 Å². The lowest BCUT2D eigenvalue weighted by atomic mass is 9.82. The quantitative estimate of drug-likeness (QED) is 0.123. The van der Waals surface area contributed by atoms with E-state index in [0.29, 0.717) is 22.6 Å². The Morgan fingerprint density at radius 1 is 0.929 bits per heavy atom. The predicted octanol–water partition coefficient (Wildman–Crippen LogP) is 4.80. The van der Waals surface area contributed by atoms with Crippen molar-refractivity contribution < 1.29 is 33.1 Å². The Morgan fingerprint density at radius 2 is 1.55 bits per heavy atom. The average Bonchev–Trinajstić information content (AvgIpc) is 3.99. The summed E-state index contributed by atoms with van der Waals surface area (Å²) in [5.41, 5.74) is 1.59. The third-order valence-electron chi connectivity index (χ3n) is 11.9. The number of aliphatic hydroxyl groups is 1. The molecule has 3 aromatic carbocycles. The number of halogens is 1. The van der Waals surface area contributed by atoms with Gasteiger partial charge in [-0.2, -0.15) is 0 Å². The Bertz CT molecular complexity index is 1920. The molecule has 0 unspecified atom stereocenters. The summed E-state index contributed by atoms with van der Waals surface area (Å²) in [6.07, 6.45) is 2.28. The summed E-state index contributed by atoms with van der Waals surface area (Å²) in [5.74, 6) is -1.58. The normalized spacial score (nSPS) is 25.8. The minimum Gasteiger partial charge on any atom is -0.395 e. The standard InChI is InChI=1S/C42H53FN6O6Si/c1-27-38(56(2,3)43)36(24-37(51)48(21-22-50)25-28-9-5-4-6-10-28)55-42(27)32-23-31(47-40(53)34-12-8-20-45-34)17-18-35(32)49(41(42)54)26-29-13-15-30(16-14-29)46-39(52)33-11-7-19-44-33/h4-6,9-10,13-18,23,27,33-34,36,38,44-45,50H,7-8,11-12,19-22,24-26H2,1-3H3,(H,46,52)(H,47,53)/t27-,33+,34+,36+,38-,42+/m0/s1. The molecular weight excluding hydrogens is 732 g/mol. The number of hydrogen-bond acceptors (Lipinski definition) is 8. The highest BCUT2D eigenvalue weighted by atomic mass is 28.4. The van der Waals surface area contributed by atoms with Crippen LogP contribution in [0.25, 0.3) is 0 Å². The predicted molar refractivity (Wildman–Crippen MR) is 215 cm³/mol. The molecule has 0 saturated carbocycles. The van der Waals surface area contributed by atoms with Gasteiger partial charge in [0.2, 0.25) is 26.1 Å². The molecule has 0 bridgehead atoms. The van der Waals surface area contributed by atoms with E-state index in [2.05, 4.69) is 21.3 Å². The number of benzene rings is 3. The topological polar surface area (TPSA) is 152 Å². The SMILES string of the molecule is C[C@H]1[C@H]([Si](C)(C)F)[C@@H](CC(=O)N(CCO)Cc2ccccc2)O[C@]12C(=O)N(Cc1ccc(NC(=O)[C@H]3CCCN3)cc1)c1ccc(NC(=O)[C@H]3CCCN3)cc12. The number of fused-ring (bicyclic) bond motifs is 2. The Balaban J connectivity index is 1.20. The Morgan fingerprint density at radius 3 is 2.14 bits per heavy atom. The molecule has 0 aliphatic carbocycles. The third-order valence-corrected chi connectivity index (χ3v) is 14.3. The number of rotatable bonds is 13. The summed E-state index contributed by atoms with van der Waals surface area (Å²) in [6.45, 7) is 6.90. The van der Waals surface area contributed by atoms with Gasteiger partial charge in [0.05, 0.1) is 43.4 Å². The highest BCUT2D eigenvalue weighted by Gasteiger charge is 2.67. The van der Waals surface area contributed by atoms with Crippen molar-refractivity contribution in [2.24, 2.45) is 5.92 Å². The maximum Gasteiger partial charge on any atom is 0.264 e. The second-order valence-electron chi connectivity index (χ2n) is 16.1. The molecule has 4 heterocycles. The van der Waals surface area contributed by atoms with Gasteiger partial charge in [-0.15, -0.1) is 0 Å². The maximum atomic E-state index is 16.6. The van der Waals surface area contributed by atoms with Gasteiger partial charge in [0.25, 0.3) is 5.91 Å². The first-order valence-corrected chi connectivity index (χ1v) is 22.8. The average molecular weight is 785 g/mol. The van der Waals surface area contributed by atoms with Crippen LogP contribution in [0.2, 0.25) is 18.6 Å². The zero-order valence-electron chi connectivity index (χ0n) is 32.4. The van der Waals surface area contributed by atoms with Crippen molar-refractivity contribution in [3.8, 4) is 0 Å². The van der Waals surface area contributed by atoms with Gasteiger partial charge in [-0.25, -0.2) is 0 Å². The fourth-order valence-electron chi connectivity index (χ4n) is 9.15. The van der Waals surface area contributed by atoms with Crippen molar-refractivity contribution >= 4 is 49.1 Å². The van der Waals surface area contributed by atoms with Crippen LogP contribution in [0, 0.1) is 5.92 Å². The molecule has 6 atom stereocenters. The number of aliphatic hydroxyl groups excluding tert-OH is 1. The number of hydrogen-bond donors (Lipinski definition) is 5. The van der Waals surface area contributed by atoms with Crippen molar-refractivity contribution in [2.75, 3.05) is 41.8 Å². The fraction of sp³-hybridized carbons (Fsp3) is 0.476. The van der Waals surface area contributed by atoms with Crippen LogP contribution in [0.1, 0.15) is 55.7 Å². The van der Waals surface area contributed by atoms with Gasteiger partial charge < -0.3 is 45.0 Å². The van der Waals surface area contributed by atoms with Crippen LogP contribution in [0.15, 0.2) is 72.8 Å². The second kappa shape index (κ2) is 16.6. The zero-order chi connectivity index (χ0) is 39.6. The number of nitrogens with zero attached hydrogens (tertiary/aromatic N) is 2. The number of ether oxygens (including phenoxy) is 1. The molecule has 0 aromatic heterocycles. The van der Waals surface area contributed by atoms with Crippen LogP contribution in [0.4, 0.5) is 21.2 Å². The van der Waals surface area contributed by atoms with Gasteiger partial charge in [0, 0.05) is 41.5 Å². The number of anilines is 3. The van der Waals surface area contributed by atoms with Gasteiger partial charge in [-0.05, 0) is 93.3 Å². The molecule has 3 aromatic rings. The smallest absolute Gasteiger partial charge is 0.264 e. The van der Waals surface area contributed by atoms with E-state index in [1.807, 2.05) is 61.5 Å². The fourth-order valence-corrected chi connectivity index (χ4v) is 11.6. The number of carbonyl (C=O) groups excluding carboxylic acids is 4. The van der Waals surface area contributed by atoms with E-state index in [9.17, 15) is 19.5 Å². The van der Waals surface area contributed by atoms with Crippen LogP contribution in [-0.4, -0.2) is 86.5 Å². The summed E-state index contributed by atoms with van der Waals surface area (Å²) in [7, 11) is -3.61. The van der Waals surface area contributed by atoms with E-state index in [1.165, 1.54) is 0 Å².